The molecule has 2 rings (SSSR count). The van der Waals surface area contributed by atoms with E-state index in [0.717, 1.165) is 18.4 Å². The van der Waals surface area contributed by atoms with Gasteiger partial charge in [-0.05, 0) is 37.6 Å². The first-order valence-corrected chi connectivity index (χ1v) is 8.21. The van der Waals surface area contributed by atoms with Crippen LogP contribution >= 0.6 is 0 Å². The molecule has 1 fully saturated rings. The van der Waals surface area contributed by atoms with Gasteiger partial charge in [0.15, 0.2) is 0 Å². The van der Waals surface area contributed by atoms with Gasteiger partial charge in [0.25, 0.3) is 0 Å². The average molecular weight is 328 g/mol. The van der Waals surface area contributed by atoms with E-state index in [2.05, 4.69) is 21.6 Å². The third kappa shape index (κ3) is 5.07. The lowest BCUT2D eigenvalue weighted by molar-refractivity contribution is -0.122. The van der Waals surface area contributed by atoms with Crippen LogP contribution in [0.15, 0.2) is 24.3 Å². The summed E-state index contributed by atoms with van der Waals surface area (Å²) in [7, 11) is 2.01. The molecule has 2 N–H and O–H groups in total. The summed E-state index contributed by atoms with van der Waals surface area (Å²) in [4.78, 5) is 25.4. The second-order valence-electron chi connectivity index (χ2n) is 6.28. The summed E-state index contributed by atoms with van der Waals surface area (Å²) >= 11 is 0. The number of nitrogens with zero attached hydrogens (tertiary/aromatic N) is 2. The van der Waals surface area contributed by atoms with Crippen molar-refractivity contribution in [1.82, 2.24) is 15.5 Å². The lowest BCUT2D eigenvalue weighted by Crippen LogP contribution is -2.41. The molecule has 1 aromatic rings. The number of carbonyl (C=O) groups excluding carboxylic acids is 2. The Kier molecular flexibility index (Phi) is 6.33. The van der Waals surface area contributed by atoms with Gasteiger partial charge in [-0.3, -0.25) is 14.5 Å². The minimum atomic E-state index is -0.0213. The molecule has 2 atom stereocenters. The summed E-state index contributed by atoms with van der Waals surface area (Å²) < 4.78 is 0. The zero-order valence-electron chi connectivity index (χ0n) is 14.2. The van der Waals surface area contributed by atoms with Crippen LogP contribution in [-0.2, 0) is 16.1 Å². The van der Waals surface area contributed by atoms with Gasteiger partial charge >= 0.3 is 0 Å². The number of nitrogens with one attached hydrogen (secondary N) is 2. The number of amides is 2. The van der Waals surface area contributed by atoms with Crippen molar-refractivity contribution in [3.05, 3.63) is 35.4 Å². The Hall–Kier alpha value is -2.39. The molecule has 0 saturated carbocycles. The van der Waals surface area contributed by atoms with Crippen molar-refractivity contribution < 1.29 is 9.59 Å². The van der Waals surface area contributed by atoms with Crippen LogP contribution in [0.4, 0.5) is 0 Å². The van der Waals surface area contributed by atoms with Gasteiger partial charge in [0.2, 0.25) is 11.8 Å². The fraction of sp³-hybridized carbons (Fsp3) is 0.500. The Balaban J connectivity index is 1.76. The molecule has 1 aromatic carbocycles. The topological polar surface area (TPSA) is 85.2 Å². The monoisotopic (exact) mass is 328 g/mol. The van der Waals surface area contributed by atoms with Gasteiger partial charge in [-0.1, -0.05) is 12.1 Å². The second-order valence-corrected chi connectivity index (χ2v) is 6.28. The summed E-state index contributed by atoms with van der Waals surface area (Å²) in [6.07, 6.45) is 2.42. The van der Waals surface area contributed by atoms with Crippen LogP contribution in [0.2, 0.25) is 0 Å². The molecule has 1 aliphatic rings. The third-order valence-corrected chi connectivity index (χ3v) is 4.57. The molecule has 6 nitrogen and oxygen atoms in total. The first kappa shape index (κ1) is 18.0. The molecule has 2 amide bonds. The molecule has 0 unspecified atom stereocenters. The van der Waals surface area contributed by atoms with Gasteiger partial charge in [0.1, 0.15) is 0 Å². The largest absolute Gasteiger partial charge is 0.355 e. The molecule has 0 aliphatic carbocycles. The van der Waals surface area contributed by atoms with Crippen molar-refractivity contribution in [2.45, 2.75) is 44.8 Å². The third-order valence-electron chi connectivity index (χ3n) is 4.57. The van der Waals surface area contributed by atoms with Crippen molar-refractivity contribution in [2.75, 3.05) is 13.6 Å². The summed E-state index contributed by atoms with van der Waals surface area (Å²) in [5.41, 5.74) is 1.59. The van der Waals surface area contributed by atoms with Crippen LogP contribution in [0.5, 0.6) is 0 Å². The van der Waals surface area contributed by atoms with Gasteiger partial charge in [0.05, 0.1) is 11.6 Å². The van der Waals surface area contributed by atoms with E-state index in [0.29, 0.717) is 31.1 Å². The predicted octanol–water partition coefficient (Wildman–Crippen LogP) is 1.16. The van der Waals surface area contributed by atoms with Crippen LogP contribution in [0.25, 0.3) is 0 Å². The van der Waals surface area contributed by atoms with E-state index in [4.69, 9.17) is 5.26 Å². The first-order chi connectivity index (χ1) is 11.5. The number of hydrogen-bond donors (Lipinski definition) is 2. The molecule has 1 heterocycles. The number of benzene rings is 1. The Labute approximate surface area is 142 Å². The lowest BCUT2D eigenvalue weighted by Gasteiger charge is -2.25. The maximum Gasteiger partial charge on any atom is 0.221 e. The molecule has 0 radical (unpaired) electrons. The van der Waals surface area contributed by atoms with E-state index < -0.39 is 0 Å². The van der Waals surface area contributed by atoms with Gasteiger partial charge in [-0.25, -0.2) is 0 Å². The van der Waals surface area contributed by atoms with E-state index in [1.807, 2.05) is 19.2 Å². The number of likely N-dealkylation sites (N-methyl/N-ethyl adjacent to an activating group) is 1. The predicted molar refractivity (Wildman–Crippen MR) is 90.9 cm³/mol. The second kappa shape index (κ2) is 8.46. The van der Waals surface area contributed by atoms with E-state index >= 15 is 0 Å². The molecule has 1 saturated heterocycles. The summed E-state index contributed by atoms with van der Waals surface area (Å²) in [6, 6.07) is 9.78. The van der Waals surface area contributed by atoms with Gasteiger partial charge < -0.3 is 10.6 Å². The maximum absolute atomic E-state index is 12.2. The smallest absolute Gasteiger partial charge is 0.221 e. The highest BCUT2D eigenvalue weighted by Crippen LogP contribution is 2.24. The van der Waals surface area contributed by atoms with Crippen LogP contribution in [-0.4, -0.2) is 42.4 Å². The molecular weight excluding hydrogens is 304 g/mol. The van der Waals surface area contributed by atoms with Crippen LogP contribution < -0.4 is 10.6 Å². The highest BCUT2D eigenvalue weighted by Gasteiger charge is 2.31. The van der Waals surface area contributed by atoms with Crippen molar-refractivity contribution in [3.8, 4) is 6.07 Å². The number of carbonyl (C=O) groups is 2. The highest BCUT2D eigenvalue weighted by atomic mass is 16.2. The van der Waals surface area contributed by atoms with Crippen LogP contribution in [0.1, 0.15) is 37.3 Å². The first-order valence-electron chi connectivity index (χ1n) is 8.21. The SMILES string of the molecule is CC(=O)NC[C@H]1CC[C@@H](CC(=O)NCc2ccc(C#N)cc2)N1C. The summed E-state index contributed by atoms with van der Waals surface area (Å²) in [6.45, 7) is 2.62. The van der Waals surface area contributed by atoms with E-state index in [9.17, 15) is 9.59 Å². The molecule has 0 bridgehead atoms. The quantitative estimate of drug-likeness (QED) is 0.821. The lowest BCUT2D eigenvalue weighted by atomic mass is 10.1. The number of likely N-dealkylation sites (tertiary alicyclic amines) is 1. The highest BCUT2D eigenvalue weighted by molar-refractivity contribution is 5.76. The van der Waals surface area contributed by atoms with Crippen molar-refractivity contribution in [1.29, 1.82) is 5.26 Å². The van der Waals surface area contributed by atoms with Crippen molar-refractivity contribution in [2.24, 2.45) is 0 Å². The Bertz CT molecular complexity index is 621. The van der Waals surface area contributed by atoms with E-state index in [1.165, 1.54) is 6.92 Å². The maximum atomic E-state index is 12.2. The number of rotatable bonds is 6. The molecular formula is C18H24N4O2. The van der Waals surface area contributed by atoms with Gasteiger partial charge in [-0.15, -0.1) is 0 Å². The fourth-order valence-corrected chi connectivity index (χ4v) is 3.03. The van der Waals surface area contributed by atoms with Crippen LogP contribution in [0.3, 0.4) is 0 Å². The zero-order valence-corrected chi connectivity index (χ0v) is 14.2. The summed E-state index contributed by atoms with van der Waals surface area (Å²) in [5, 5.41) is 14.5. The van der Waals surface area contributed by atoms with Crippen LogP contribution in [0, 0.1) is 11.3 Å². The molecule has 0 spiro atoms. The number of nitriles is 1. The Morgan fingerprint density at radius 3 is 2.50 bits per heavy atom. The zero-order chi connectivity index (χ0) is 17.5. The fourth-order valence-electron chi connectivity index (χ4n) is 3.03. The standard InChI is InChI=1S/C18H24N4O2/c1-13(23)20-12-17-8-7-16(22(17)2)9-18(24)21-11-15-5-3-14(10-19)4-6-15/h3-6,16-17H,7-9,11-12H2,1-2H3,(H,20,23)(H,21,24)/t16-,17+/m0/s1. The normalized spacial score (nSPS) is 20.4. The van der Waals surface area contributed by atoms with Gasteiger partial charge in [-0.2, -0.15) is 5.26 Å². The molecule has 128 valence electrons. The van der Waals surface area contributed by atoms with Crippen molar-refractivity contribution in [3.63, 3.8) is 0 Å². The Morgan fingerprint density at radius 1 is 1.21 bits per heavy atom. The number of hydrogen-bond acceptors (Lipinski definition) is 4. The Morgan fingerprint density at radius 2 is 1.88 bits per heavy atom. The minimum absolute atomic E-state index is 0.0213. The molecule has 6 heteroatoms. The summed E-state index contributed by atoms with van der Waals surface area (Å²) in [5.74, 6) is 0.00314. The minimum Gasteiger partial charge on any atom is -0.355 e. The average Bonchev–Trinajstić information content (AvgIpc) is 2.91. The molecule has 0 aromatic heterocycles. The van der Waals surface area contributed by atoms with E-state index in [1.54, 1.807) is 12.1 Å². The van der Waals surface area contributed by atoms with Crippen molar-refractivity contribution >= 4 is 11.8 Å². The van der Waals surface area contributed by atoms with Gasteiger partial charge in [0, 0.05) is 38.5 Å². The molecule has 24 heavy (non-hydrogen) atoms. The van der Waals surface area contributed by atoms with E-state index in [-0.39, 0.29) is 17.9 Å². The molecule has 1 aliphatic heterocycles.